The molecule has 0 aliphatic rings. The molecule has 2 aromatic rings. The van der Waals surface area contributed by atoms with E-state index in [1.165, 1.54) is 12.1 Å². The number of rotatable bonds is 6. The van der Waals surface area contributed by atoms with Crippen molar-refractivity contribution in [3.8, 4) is 0 Å². The summed E-state index contributed by atoms with van der Waals surface area (Å²) in [6.45, 7) is 2.92. The van der Waals surface area contributed by atoms with Gasteiger partial charge in [-0.25, -0.2) is 14.8 Å². The molecule has 0 radical (unpaired) electrons. The Labute approximate surface area is 116 Å². The Bertz CT molecular complexity index is 512. The average Bonchev–Trinajstić information content (AvgIpc) is 2.90. The van der Waals surface area contributed by atoms with E-state index < -0.39 is 0 Å². The maximum absolute atomic E-state index is 12.8. The van der Waals surface area contributed by atoms with Crippen molar-refractivity contribution in [3.05, 3.63) is 48.3 Å². The fraction of sp³-hybridized carbons (Fsp3) is 0.308. The molecule has 6 heteroatoms. The van der Waals surface area contributed by atoms with Crippen molar-refractivity contribution in [2.24, 2.45) is 5.84 Å². The molecule has 0 aliphatic carbocycles. The fourth-order valence-corrected chi connectivity index (χ4v) is 2.74. The van der Waals surface area contributed by atoms with Gasteiger partial charge in [0.15, 0.2) is 0 Å². The van der Waals surface area contributed by atoms with Crippen molar-refractivity contribution in [1.82, 2.24) is 15.0 Å². The second kappa shape index (κ2) is 6.70. The van der Waals surface area contributed by atoms with Gasteiger partial charge in [-0.3, -0.25) is 5.84 Å². The van der Waals surface area contributed by atoms with Crippen molar-refractivity contribution >= 4 is 11.8 Å². The van der Waals surface area contributed by atoms with Crippen LogP contribution in [0, 0.1) is 5.82 Å². The molecule has 1 unspecified atom stereocenters. The van der Waals surface area contributed by atoms with Crippen molar-refractivity contribution in [2.45, 2.75) is 24.4 Å². The van der Waals surface area contributed by atoms with E-state index in [1.54, 1.807) is 30.1 Å². The highest BCUT2D eigenvalue weighted by atomic mass is 32.2. The van der Waals surface area contributed by atoms with Crippen LogP contribution < -0.4 is 11.3 Å². The molecule has 0 amide bonds. The molecule has 0 saturated heterocycles. The van der Waals surface area contributed by atoms with Gasteiger partial charge in [-0.2, -0.15) is 0 Å². The average molecular weight is 280 g/mol. The lowest BCUT2D eigenvalue weighted by Gasteiger charge is -2.16. The number of aromatic nitrogens is 2. The number of benzene rings is 1. The molecule has 2 rings (SSSR count). The van der Waals surface area contributed by atoms with E-state index in [0.29, 0.717) is 0 Å². The number of aryl methyl sites for hydroxylation is 1. The summed E-state index contributed by atoms with van der Waals surface area (Å²) in [6.07, 6.45) is 3.70. The first-order valence-electron chi connectivity index (χ1n) is 6.10. The quantitative estimate of drug-likeness (QED) is 0.484. The number of nitrogens with one attached hydrogen (secondary N) is 1. The van der Waals surface area contributed by atoms with Crippen molar-refractivity contribution in [1.29, 1.82) is 0 Å². The lowest BCUT2D eigenvalue weighted by atomic mass is 10.3. The number of halogens is 1. The fourth-order valence-electron chi connectivity index (χ4n) is 1.81. The van der Waals surface area contributed by atoms with Crippen LogP contribution in [0.15, 0.2) is 41.6 Å². The van der Waals surface area contributed by atoms with E-state index >= 15 is 0 Å². The highest BCUT2D eigenvalue weighted by Crippen LogP contribution is 2.23. The molecule has 0 spiro atoms. The number of hydrogen-bond donors (Lipinski definition) is 2. The summed E-state index contributed by atoms with van der Waals surface area (Å²) in [6, 6.07) is 6.41. The van der Waals surface area contributed by atoms with Crippen LogP contribution in [0.25, 0.3) is 0 Å². The molecular formula is C13H17FN4S. The molecule has 1 atom stereocenters. The second-order valence-electron chi connectivity index (χ2n) is 4.06. The van der Waals surface area contributed by atoms with Crippen LogP contribution in [-0.2, 0) is 6.54 Å². The Morgan fingerprint density at radius 1 is 1.42 bits per heavy atom. The summed E-state index contributed by atoms with van der Waals surface area (Å²) >= 11 is 1.62. The topological polar surface area (TPSA) is 55.9 Å². The Hall–Kier alpha value is -1.37. The monoisotopic (exact) mass is 280 g/mol. The van der Waals surface area contributed by atoms with Gasteiger partial charge in [0, 0.05) is 29.6 Å². The molecule has 102 valence electrons. The van der Waals surface area contributed by atoms with Gasteiger partial charge in [-0.15, -0.1) is 11.8 Å². The van der Waals surface area contributed by atoms with Gasteiger partial charge in [-0.05, 0) is 31.2 Å². The van der Waals surface area contributed by atoms with Crippen LogP contribution in [0.2, 0.25) is 0 Å². The number of thioether (sulfide) groups is 1. The van der Waals surface area contributed by atoms with E-state index in [-0.39, 0.29) is 11.9 Å². The molecule has 1 aromatic heterocycles. The number of hydrogen-bond acceptors (Lipinski definition) is 4. The number of nitrogens with two attached hydrogens (primary N) is 1. The minimum Gasteiger partial charge on any atom is -0.334 e. The van der Waals surface area contributed by atoms with Gasteiger partial charge in [-0.1, -0.05) is 0 Å². The zero-order valence-corrected chi connectivity index (χ0v) is 11.5. The Morgan fingerprint density at radius 2 is 2.16 bits per heavy atom. The molecule has 0 saturated carbocycles. The van der Waals surface area contributed by atoms with E-state index in [2.05, 4.69) is 21.9 Å². The summed E-state index contributed by atoms with van der Waals surface area (Å²) in [5.74, 6) is 7.03. The summed E-state index contributed by atoms with van der Waals surface area (Å²) in [7, 11) is 0. The normalized spacial score (nSPS) is 12.6. The Balaban J connectivity index is 2.02. The largest absolute Gasteiger partial charge is 0.334 e. The van der Waals surface area contributed by atoms with Gasteiger partial charge in [0.25, 0.3) is 0 Å². The molecule has 4 nitrogen and oxygen atoms in total. The maximum Gasteiger partial charge on any atom is 0.128 e. The predicted octanol–water partition coefficient (Wildman–Crippen LogP) is 2.34. The number of nitrogens with zero attached hydrogens (tertiary/aromatic N) is 2. The van der Waals surface area contributed by atoms with Gasteiger partial charge in [0.1, 0.15) is 11.6 Å². The van der Waals surface area contributed by atoms with Crippen molar-refractivity contribution < 1.29 is 4.39 Å². The summed E-state index contributed by atoms with van der Waals surface area (Å²) in [4.78, 5) is 5.34. The van der Waals surface area contributed by atoms with E-state index in [9.17, 15) is 4.39 Å². The second-order valence-corrected chi connectivity index (χ2v) is 5.15. The summed E-state index contributed by atoms with van der Waals surface area (Å²) < 4.78 is 14.9. The Kier molecular flexibility index (Phi) is 4.95. The standard InChI is InChI=1S/C13H17FN4S/c1-2-18-8-7-16-13(18)12(17-15)9-19-11-5-3-10(14)4-6-11/h3-8,12,17H,2,9,15H2,1H3. The Morgan fingerprint density at radius 3 is 2.79 bits per heavy atom. The summed E-state index contributed by atoms with van der Waals surface area (Å²) in [5.41, 5.74) is 2.78. The van der Waals surface area contributed by atoms with Gasteiger partial charge in [0.2, 0.25) is 0 Å². The number of imidazole rings is 1. The first-order valence-corrected chi connectivity index (χ1v) is 7.08. The van der Waals surface area contributed by atoms with E-state index in [0.717, 1.165) is 23.0 Å². The lowest BCUT2D eigenvalue weighted by Crippen LogP contribution is -2.31. The zero-order chi connectivity index (χ0) is 13.7. The molecule has 19 heavy (non-hydrogen) atoms. The third-order valence-electron chi connectivity index (χ3n) is 2.83. The van der Waals surface area contributed by atoms with Gasteiger partial charge in [0.05, 0.1) is 6.04 Å². The predicted molar refractivity (Wildman–Crippen MR) is 75.1 cm³/mol. The summed E-state index contributed by atoms with van der Waals surface area (Å²) in [5, 5.41) is 0. The number of hydrazine groups is 1. The van der Waals surface area contributed by atoms with Crippen molar-refractivity contribution in [2.75, 3.05) is 5.75 Å². The lowest BCUT2D eigenvalue weighted by molar-refractivity contribution is 0.540. The van der Waals surface area contributed by atoms with Crippen LogP contribution in [0.3, 0.4) is 0 Å². The minimum absolute atomic E-state index is 0.0370. The molecule has 3 N–H and O–H groups in total. The van der Waals surface area contributed by atoms with Crippen LogP contribution in [0.4, 0.5) is 4.39 Å². The van der Waals surface area contributed by atoms with Crippen LogP contribution in [0.5, 0.6) is 0 Å². The van der Waals surface area contributed by atoms with Crippen molar-refractivity contribution in [3.63, 3.8) is 0 Å². The third kappa shape index (κ3) is 3.56. The van der Waals surface area contributed by atoms with E-state index in [1.807, 2.05) is 6.20 Å². The smallest absolute Gasteiger partial charge is 0.128 e. The minimum atomic E-state index is -0.223. The zero-order valence-electron chi connectivity index (χ0n) is 10.7. The van der Waals surface area contributed by atoms with Gasteiger partial charge < -0.3 is 4.57 Å². The molecule has 1 aromatic carbocycles. The molecular weight excluding hydrogens is 263 g/mol. The van der Waals surface area contributed by atoms with E-state index in [4.69, 9.17) is 5.84 Å². The highest BCUT2D eigenvalue weighted by molar-refractivity contribution is 7.99. The van der Waals surface area contributed by atoms with Crippen LogP contribution in [-0.4, -0.2) is 15.3 Å². The highest BCUT2D eigenvalue weighted by Gasteiger charge is 2.15. The van der Waals surface area contributed by atoms with Crippen LogP contribution in [0.1, 0.15) is 18.8 Å². The maximum atomic E-state index is 12.8. The SMILES string of the molecule is CCn1ccnc1C(CSc1ccc(F)cc1)NN. The molecule has 0 fully saturated rings. The first kappa shape index (κ1) is 14.0. The van der Waals surface area contributed by atoms with Gasteiger partial charge >= 0.3 is 0 Å². The molecule has 1 heterocycles. The van der Waals surface area contributed by atoms with Crippen LogP contribution >= 0.6 is 11.8 Å². The molecule has 0 aliphatic heterocycles. The first-order chi connectivity index (χ1) is 9.24. The molecule has 0 bridgehead atoms. The third-order valence-corrected chi connectivity index (χ3v) is 3.94.